The van der Waals surface area contributed by atoms with Crippen LogP contribution >= 0.6 is 0 Å². The Balaban J connectivity index is 2.81. The maximum absolute atomic E-state index is 12.0. The summed E-state index contributed by atoms with van der Waals surface area (Å²) >= 11 is 0. The molecule has 5 nitrogen and oxygen atoms in total. The fourth-order valence-corrected chi connectivity index (χ4v) is 2.29. The SMILES string of the molecule is CC(C)C(C)(C)CNS(=O)(=O)c1ccc(N)nc1. The van der Waals surface area contributed by atoms with Crippen molar-refractivity contribution in [3.8, 4) is 0 Å². The van der Waals surface area contributed by atoms with Gasteiger partial charge in [0.1, 0.15) is 10.7 Å². The van der Waals surface area contributed by atoms with Gasteiger partial charge in [0.15, 0.2) is 0 Å². The number of hydrogen-bond acceptors (Lipinski definition) is 4. The Morgan fingerprint density at radius 1 is 1.39 bits per heavy atom. The molecule has 102 valence electrons. The molecule has 0 amide bonds. The van der Waals surface area contributed by atoms with E-state index < -0.39 is 10.0 Å². The van der Waals surface area contributed by atoms with Gasteiger partial charge in [-0.1, -0.05) is 27.7 Å². The molecule has 1 aromatic heterocycles. The van der Waals surface area contributed by atoms with Gasteiger partial charge in [0, 0.05) is 12.7 Å². The summed E-state index contributed by atoms with van der Waals surface area (Å²) in [5.74, 6) is 0.682. The van der Waals surface area contributed by atoms with Crippen LogP contribution in [0.15, 0.2) is 23.2 Å². The first-order valence-corrected chi connectivity index (χ1v) is 7.35. The molecule has 1 aromatic rings. The van der Waals surface area contributed by atoms with E-state index in [0.29, 0.717) is 18.3 Å². The normalized spacial score (nSPS) is 12.9. The molecule has 0 saturated heterocycles. The third kappa shape index (κ3) is 3.68. The van der Waals surface area contributed by atoms with Crippen molar-refractivity contribution in [1.82, 2.24) is 9.71 Å². The number of anilines is 1. The van der Waals surface area contributed by atoms with E-state index in [2.05, 4.69) is 23.6 Å². The van der Waals surface area contributed by atoms with E-state index in [0.717, 1.165) is 0 Å². The number of nitrogen functional groups attached to an aromatic ring is 1. The summed E-state index contributed by atoms with van der Waals surface area (Å²) in [5, 5.41) is 0. The molecular weight excluding hydrogens is 250 g/mol. The fourth-order valence-electron chi connectivity index (χ4n) is 1.12. The van der Waals surface area contributed by atoms with Gasteiger partial charge < -0.3 is 5.73 Å². The summed E-state index contributed by atoms with van der Waals surface area (Å²) in [6.07, 6.45) is 1.26. The topological polar surface area (TPSA) is 85.1 Å². The van der Waals surface area contributed by atoms with Crippen LogP contribution in [0.2, 0.25) is 0 Å². The monoisotopic (exact) mass is 271 g/mol. The summed E-state index contributed by atoms with van der Waals surface area (Å²) < 4.78 is 26.6. The molecule has 0 saturated carbocycles. The van der Waals surface area contributed by atoms with Gasteiger partial charge in [-0.3, -0.25) is 0 Å². The van der Waals surface area contributed by atoms with Gasteiger partial charge in [0.2, 0.25) is 10.0 Å². The zero-order valence-corrected chi connectivity index (χ0v) is 12.1. The lowest BCUT2D eigenvalue weighted by molar-refractivity contribution is 0.252. The van der Waals surface area contributed by atoms with Gasteiger partial charge >= 0.3 is 0 Å². The summed E-state index contributed by atoms with van der Waals surface area (Å²) in [4.78, 5) is 3.92. The van der Waals surface area contributed by atoms with Gasteiger partial charge in [-0.05, 0) is 23.5 Å². The zero-order chi connectivity index (χ0) is 14.0. The minimum atomic E-state index is -3.51. The number of rotatable bonds is 5. The summed E-state index contributed by atoms with van der Waals surface area (Å²) in [7, 11) is -3.51. The Bertz CT molecular complexity index is 493. The van der Waals surface area contributed by atoms with Crippen molar-refractivity contribution in [2.45, 2.75) is 32.6 Å². The van der Waals surface area contributed by atoms with Crippen molar-refractivity contribution in [3.63, 3.8) is 0 Å². The van der Waals surface area contributed by atoms with Gasteiger partial charge in [-0.2, -0.15) is 0 Å². The predicted molar refractivity (Wildman–Crippen MR) is 72.5 cm³/mol. The number of pyridine rings is 1. The van der Waals surface area contributed by atoms with Crippen LogP contribution in [0.1, 0.15) is 27.7 Å². The second-order valence-corrected chi connectivity index (χ2v) is 7.15. The lowest BCUT2D eigenvalue weighted by atomic mass is 9.81. The smallest absolute Gasteiger partial charge is 0.242 e. The minimum absolute atomic E-state index is 0.103. The van der Waals surface area contributed by atoms with Gasteiger partial charge in [0.25, 0.3) is 0 Å². The van der Waals surface area contributed by atoms with Crippen LogP contribution in [-0.4, -0.2) is 19.9 Å². The Morgan fingerprint density at radius 3 is 2.44 bits per heavy atom. The largest absolute Gasteiger partial charge is 0.384 e. The van der Waals surface area contributed by atoms with Crippen LogP contribution in [0.25, 0.3) is 0 Å². The number of nitrogens with zero attached hydrogens (tertiary/aromatic N) is 1. The Kier molecular flexibility index (Phi) is 4.34. The molecule has 0 spiro atoms. The van der Waals surface area contributed by atoms with Crippen molar-refractivity contribution >= 4 is 15.8 Å². The van der Waals surface area contributed by atoms with Crippen molar-refractivity contribution < 1.29 is 8.42 Å². The number of aromatic nitrogens is 1. The van der Waals surface area contributed by atoms with Crippen LogP contribution < -0.4 is 10.5 Å². The number of sulfonamides is 1. The maximum atomic E-state index is 12.0. The Morgan fingerprint density at radius 2 is 2.00 bits per heavy atom. The molecule has 1 heterocycles. The second-order valence-electron chi connectivity index (χ2n) is 5.39. The number of hydrogen-bond donors (Lipinski definition) is 2. The first-order valence-electron chi connectivity index (χ1n) is 5.86. The molecule has 0 aromatic carbocycles. The van der Waals surface area contributed by atoms with E-state index in [-0.39, 0.29) is 10.3 Å². The highest BCUT2D eigenvalue weighted by molar-refractivity contribution is 7.89. The van der Waals surface area contributed by atoms with Gasteiger partial charge in [-0.25, -0.2) is 18.1 Å². The Hall–Kier alpha value is -1.14. The highest BCUT2D eigenvalue weighted by Gasteiger charge is 2.25. The lowest BCUT2D eigenvalue weighted by Gasteiger charge is -2.29. The van der Waals surface area contributed by atoms with Crippen LogP contribution in [0.5, 0.6) is 0 Å². The third-order valence-electron chi connectivity index (χ3n) is 3.35. The molecule has 0 radical (unpaired) electrons. The van der Waals surface area contributed by atoms with E-state index in [1.54, 1.807) is 0 Å². The van der Waals surface area contributed by atoms with E-state index in [4.69, 9.17) is 5.73 Å². The van der Waals surface area contributed by atoms with Crippen molar-refractivity contribution in [2.75, 3.05) is 12.3 Å². The van der Waals surface area contributed by atoms with Crippen molar-refractivity contribution in [3.05, 3.63) is 18.3 Å². The average molecular weight is 271 g/mol. The van der Waals surface area contributed by atoms with Gasteiger partial charge in [0.05, 0.1) is 0 Å². The molecule has 0 fully saturated rings. The maximum Gasteiger partial charge on any atom is 0.242 e. The molecule has 3 N–H and O–H groups in total. The van der Waals surface area contributed by atoms with Crippen molar-refractivity contribution in [1.29, 1.82) is 0 Å². The standard InChI is InChI=1S/C12H21N3O2S/c1-9(2)12(3,4)8-15-18(16,17)10-5-6-11(13)14-7-10/h5-7,9,15H,8H2,1-4H3,(H2,13,14). The summed E-state index contributed by atoms with van der Waals surface area (Å²) in [6, 6.07) is 2.93. The quantitative estimate of drug-likeness (QED) is 0.852. The van der Waals surface area contributed by atoms with E-state index in [9.17, 15) is 8.42 Å². The molecule has 18 heavy (non-hydrogen) atoms. The summed E-state index contributed by atoms with van der Waals surface area (Å²) in [6.45, 7) is 8.58. The second kappa shape index (κ2) is 5.24. The lowest BCUT2D eigenvalue weighted by Crippen LogP contribution is -2.37. The fraction of sp³-hybridized carbons (Fsp3) is 0.583. The molecule has 0 aliphatic rings. The van der Waals surface area contributed by atoms with E-state index >= 15 is 0 Å². The van der Waals surface area contributed by atoms with Crippen LogP contribution in [0, 0.1) is 11.3 Å². The van der Waals surface area contributed by atoms with Crippen LogP contribution in [0.4, 0.5) is 5.82 Å². The molecule has 0 unspecified atom stereocenters. The highest BCUT2D eigenvalue weighted by atomic mass is 32.2. The van der Waals surface area contributed by atoms with Crippen LogP contribution in [-0.2, 0) is 10.0 Å². The number of nitrogens with two attached hydrogens (primary N) is 1. The molecule has 0 atom stereocenters. The molecule has 0 aliphatic heterocycles. The molecule has 1 rings (SSSR count). The number of nitrogens with one attached hydrogen (secondary N) is 1. The van der Waals surface area contributed by atoms with Gasteiger partial charge in [-0.15, -0.1) is 0 Å². The minimum Gasteiger partial charge on any atom is -0.384 e. The first-order chi connectivity index (χ1) is 8.15. The van der Waals surface area contributed by atoms with E-state index in [1.165, 1.54) is 18.3 Å². The molecular formula is C12H21N3O2S. The summed E-state index contributed by atoms with van der Waals surface area (Å²) in [5.41, 5.74) is 5.32. The van der Waals surface area contributed by atoms with Crippen molar-refractivity contribution in [2.24, 2.45) is 11.3 Å². The molecule has 0 aliphatic carbocycles. The predicted octanol–water partition coefficient (Wildman–Crippen LogP) is 1.62. The Labute approximate surface area is 109 Å². The first kappa shape index (κ1) is 14.9. The zero-order valence-electron chi connectivity index (χ0n) is 11.3. The third-order valence-corrected chi connectivity index (χ3v) is 4.74. The average Bonchev–Trinajstić information content (AvgIpc) is 2.27. The molecule has 6 heteroatoms. The van der Waals surface area contributed by atoms with E-state index in [1.807, 2.05) is 13.8 Å². The van der Waals surface area contributed by atoms with Crippen LogP contribution in [0.3, 0.4) is 0 Å². The molecule has 0 bridgehead atoms. The highest BCUT2D eigenvalue weighted by Crippen LogP contribution is 2.25.